The standard InChI is InChI=1S/C11H14ClNO/c1-11(2)6-9(13)7-4-3-5-8(12)10(7)14-11/h3-5,9H,6,13H2,1-2H3/t9-/m0/s1. The summed E-state index contributed by atoms with van der Waals surface area (Å²) in [5, 5.41) is 0.644. The number of fused-ring (bicyclic) bond motifs is 1. The Bertz CT molecular complexity index is 362. The highest BCUT2D eigenvalue weighted by atomic mass is 35.5. The van der Waals surface area contributed by atoms with E-state index in [-0.39, 0.29) is 11.6 Å². The summed E-state index contributed by atoms with van der Waals surface area (Å²) in [6.45, 7) is 4.05. The fourth-order valence-electron chi connectivity index (χ4n) is 1.88. The maximum absolute atomic E-state index is 6.05. The number of hydrogen-bond donors (Lipinski definition) is 1. The van der Waals surface area contributed by atoms with E-state index in [1.54, 1.807) is 0 Å². The van der Waals surface area contributed by atoms with Crippen LogP contribution in [-0.4, -0.2) is 5.60 Å². The Hall–Kier alpha value is -0.730. The molecule has 76 valence electrons. The van der Waals surface area contributed by atoms with Crippen LogP contribution in [0.15, 0.2) is 18.2 Å². The molecule has 0 fully saturated rings. The summed E-state index contributed by atoms with van der Waals surface area (Å²) in [6.07, 6.45) is 0.820. The van der Waals surface area contributed by atoms with Crippen LogP contribution in [0.3, 0.4) is 0 Å². The van der Waals surface area contributed by atoms with Gasteiger partial charge in [0, 0.05) is 18.0 Å². The molecule has 1 aromatic rings. The van der Waals surface area contributed by atoms with Gasteiger partial charge >= 0.3 is 0 Å². The summed E-state index contributed by atoms with van der Waals surface area (Å²) >= 11 is 6.05. The van der Waals surface area contributed by atoms with E-state index in [2.05, 4.69) is 0 Å². The van der Waals surface area contributed by atoms with Gasteiger partial charge in [-0.2, -0.15) is 0 Å². The second kappa shape index (κ2) is 3.14. The molecule has 1 atom stereocenters. The Morgan fingerprint density at radius 1 is 1.50 bits per heavy atom. The van der Waals surface area contributed by atoms with Gasteiger partial charge < -0.3 is 10.5 Å². The number of rotatable bonds is 0. The zero-order valence-electron chi connectivity index (χ0n) is 8.38. The lowest BCUT2D eigenvalue weighted by Gasteiger charge is -2.36. The second-order valence-electron chi connectivity index (χ2n) is 4.33. The summed E-state index contributed by atoms with van der Waals surface area (Å²) in [4.78, 5) is 0. The van der Waals surface area contributed by atoms with Crippen molar-refractivity contribution in [2.75, 3.05) is 0 Å². The van der Waals surface area contributed by atoms with Crippen LogP contribution in [0.5, 0.6) is 5.75 Å². The number of nitrogens with two attached hydrogens (primary N) is 1. The van der Waals surface area contributed by atoms with E-state index >= 15 is 0 Å². The summed E-state index contributed by atoms with van der Waals surface area (Å²) in [5.41, 5.74) is 6.84. The normalized spacial score (nSPS) is 23.9. The monoisotopic (exact) mass is 211 g/mol. The van der Waals surface area contributed by atoms with E-state index in [0.29, 0.717) is 5.02 Å². The molecule has 0 saturated carbocycles. The summed E-state index contributed by atoms with van der Waals surface area (Å²) in [6, 6.07) is 5.73. The van der Waals surface area contributed by atoms with Crippen molar-refractivity contribution < 1.29 is 4.74 Å². The third-order valence-electron chi connectivity index (χ3n) is 2.49. The molecular formula is C11H14ClNO. The number of halogens is 1. The second-order valence-corrected chi connectivity index (χ2v) is 4.74. The lowest BCUT2D eigenvalue weighted by Crippen LogP contribution is -2.37. The Balaban J connectivity index is 2.51. The third kappa shape index (κ3) is 1.60. The molecule has 3 heteroatoms. The summed E-state index contributed by atoms with van der Waals surface area (Å²) in [7, 11) is 0. The third-order valence-corrected chi connectivity index (χ3v) is 2.78. The smallest absolute Gasteiger partial charge is 0.143 e. The highest BCUT2D eigenvalue weighted by Gasteiger charge is 2.32. The maximum Gasteiger partial charge on any atom is 0.143 e. The van der Waals surface area contributed by atoms with Crippen molar-refractivity contribution in [3.05, 3.63) is 28.8 Å². The Kier molecular flexibility index (Phi) is 2.20. The zero-order chi connectivity index (χ0) is 10.3. The minimum Gasteiger partial charge on any atom is -0.486 e. The number of benzene rings is 1. The molecule has 0 spiro atoms. The molecule has 0 unspecified atom stereocenters. The predicted molar refractivity (Wildman–Crippen MR) is 57.7 cm³/mol. The van der Waals surface area contributed by atoms with Crippen LogP contribution in [-0.2, 0) is 0 Å². The van der Waals surface area contributed by atoms with Gasteiger partial charge in [-0.15, -0.1) is 0 Å². The van der Waals surface area contributed by atoms with Gasteiger partial charge in [-0.05, 0) is 19.9 Å². The SMILES string of the molecule is CC1(C)C[C@H](N)c2cccc(Cl)c2O1. The van der Waals surface area contributed by atoms with Crippen molar-refractivity contribution in [3.63, 3.8) is 0 Å². The average Bonchev–Trinajstić information content (AvgIpc) is 2.05. The molecule has 0 aliphatic carbocycles. The Morgan fingerprint density at radius 2 is 2.21 bits per heavy atom. The molecule has 0 saturated heterocycles. The minimum absolute atomic E-state index is 0.0208. The first-order chi connectivity index (χ1) is 6.49. The molecule has 2 rings (SSSR count). The molecule has 1 aliphatic heterocycles. The van der Waals surface area contributed by atoms with Gasteiger partial charge in [0.25, 0.3) is 0 Å². The predicted octanol–water partition coefficient (Wildman–Crippen LogP) is 2.90. The first-order valence-electron chi connectivity index (χ1n) is 4.73. The quantitative estimate of drug-likeness (QED) is 0.716. The molecule has 0 amide bonds. The number of para-hydroxylation sites is 1. The first-order valence-corrected chi connectivity index (χ1v) is 5.10. The van der Waals surface area contributed by atoms with Crippen molar-refractivity contribution in [2.45, 2.75) is 31.9 Å². The van der Waals surface area contributed by atoms with Crippen LogP contribution in [0.4, 0.5) is 0 Å². The van der Waals surface area contributed by atoms with Crippen molar-refractivity contribution in [3.8, 4) is 5.75 Å². The molecule has 14 heavy (non-hydrogen) atoms. The molecule has 1 heterocycles. The molecule has 0 aromatic heterocycles. The van der Waals surface area contributed by atoms with E-state index in [1.165, 1.54) is 0 Å². The van der Waals surface area contributed by atoms with Crippen molar-refractivity contribution in [1.29, 1.82) is 0 Å². The zero-order valence-corrected chi connectivity index (χ0v) is 9.14. The van der Waals surface area contributed by atoms with E-state index in [0.717, 1.165) is 17.7 Å². The maximum atomic E-state index is 6.05. The Morgan fingerprint density at radius 3 is 2.93 bits per heavy atom. The lowest BCUT2D eigenvalue weighted by molar-refractivity contribution is 0.0730. The van der Waals surface area contributed by atoms with Crippen LogP contribution in [0.1, 0.15) is 31.9 Å². The summed E-state index contributed by atoms with van der Waals surface area (Å²) < 4.78 is 5.81. The fourth-order valence-corrected chi connectivity index (χ4v) is 2.10. The van der Waals surface area contributed by atoms with Crippen LogP contribution in [0.25, 0.3) is 0 Å². The minimum atomic E-state index is -0.225. The van der Waals surface area contributed by atoms with Crippen LogP contribution >= 0.6 is 11.6 Å². The van der Waals surface area contributed by atoms with Crippen LogP contribution in [0, 0.1) is 0 Å². The van der Waals surface area contributed by atoms with E-state index in [4.69, 9.17) is 22.1 Å². The highest BCUT2D eigenvalue weighted by molar-refractivity contribution is 6.32. The van der Waals surface area contributed by atoms with Crippen molar-refractivity contribution in [1.82, 2.24) is 0 Å². The van der Waals surface area contributed by atoms with Crippen molar-refractivity contribution in [2.24, 2.45) is 5.73 Å². The Labute approximate surface area is 89.0 Å². The van der Waals surface area contributed by atoms with Gasteiger partial charge in [0.2, 0.25) is 0 Å². The molecule has 2 N–H and O–H groups in total. The van der Waals surface area contributed by atoms with Gasteiger partial charge in [-0.3, -0.25) is 0 Å². The van der Waals surface area contributed by atoms with Crippen molar-refractivity contribution >= 4 is 11.6 Å². The van der Waals surface area contributed by atoms with Gasteiger partial charge in [-0.1, -0.05) is 23.7 Å². The van der Waals surface area contributed by atoms with E-state index in [1.807, 2.05) is 32.0 Å². The fraction of sp³-hybridized carbons (Fsp3) is 0.455. The van der Waals surface area contributed by atoms with Gasteiger partial charge in [0.05, 0.1) is 5.02 Å². The molecular weight excluding hydrogens is 198 g/mol. The molecule has 2 nitrogen and oxygen atoms in total. The molecule has 0 radical (unpaired) electrons. The molecule has 1 aliphatic rings. The largest absolute Gasteiger partial charge is 0.486 e. The topological polar surface area (TPSA) is 35.2 Å². The summed E-state index contributed by atoms with van der Waals surface area (Å²) in [5.74, 6) is 0.748. The van der Waals surface area contributed by atoms with Gasteiger partial charge in [0.15, 0.2) is 0 Å². The van der Waals surface area contributed by atoms with Crippen LogP contribution in [0.2, 0.25) is 5.02 Å². The van der Waals surface area contributed by atoms with Gasteiger partial charge in [0.1, 0.15) is 11.4 Å². The molecule has 0 bridgehead atoms. The highest BCUT2D eigenvalue weighted by Crippen LogP contribution is 2.42. The van der Waals surface area contributed by atoms with E-state index < -0.39 is 0 Å². The van der Waals surface area contributed by atoms with Gasteiger partial charge in [-0.25, -0.2) is 0 Å². The number of ether oxygens (including phenoxy) is 1. The lowest BCUT2D eigenvalue weighted by atomic mass is 9.90. The number of hydrogen-bond acceptors (Lipinski definition) is 2. The molecule has 1 aromatic carbocycles. The average molecular weight is 212 g/mol. The van der Waals surface area contributed by atoms with E-state index in [9.17, 15) is 0 Å². The first kappa shape index (κ1) is 9.81. The van der Waals surface area contributed by atoms with Crippen LogP contribution < -0.4 is 10.5 Å².